The molecular formula is C24H26N2O2S. The van der Waals surface area contributed by atoms with Gasteiger partial charge in [-0.2, -0.15) is 0 Å². The van der Waals surface area contributed by atoms with Crippen molar-refractivity contribution in [2.45, 2.75) is 57.2 Å². The predicted molar refractivity (Wildman–Crippen MR) is 118 cm³/mol. The van der Waals surface area contributed by atoms with Gasteiger partial charge in [0.15, 0.2) is 10.9 Å². The maximum absolute atomic E-state index is 10.3. The van der Waals surface area contributed by atoms with E-state index < -0.39 is 6.10 Å². The van der Waals surface area contributed by atoms with E-state index in [4.69, 9.17) is 9.72 Å². The fourth-order valence-electron chi connectivity index (χ4n) is 4.34. The molecule has 0 bridgehead atoms. The van der Waals surface area contributed by atoms with Gasteiger partial charge in [0.2, 0.25) is 0 Å². The maximum Gasteiger partial charge on any atom is 0.187 e. The number of fused-ring (bicyclic) bond motifs is 1. The molecule has 4 nitrogen and oxygen atoms in total. The number of hydrogen-bond acceptors (Lipinski definition) is 5. The Morgan fingerprint density at radius 2 is 1.79 bits per heavy atom. The van der Waals surface area contributed by atoms with Crippen LogP contribution in [0.1, 0.15) is 55.2 Å². The number of thiazole rings is 1. The molecule has 2 aliphatic rings. The largest absolute Gasteiger partial charge is 0.488 e. The van der Waals surface area contributed by atoms with E-state index in [0.717, 1.165) is 65.5 Å². The van der Waals surface area contributed by atoms with Crippen LogP contribution in [0.15, 0.2) is 48.5 Å². The minimum absolute atomic E-state index is 0.270. The molecule has 0 saturated heterocycles. The van der Waals surface area contributed by atoms with E-state index >= 15 is 0 Å². The Morgan fingerprint density at radius 1 is 0.966 bits per heavy atom. The fourth-order valence-corrected chi connectivity index (χ4v) is 5.42. The van der Waals surface area contributed by atoms with Crippen LogP contribution in [0.3, 0.4) is 0 Å². The van der Waals surface area contributed by atoms with E-state index in [0.29, 0.717) is 0 Å². The van der Waals surface area contributed by atoms with Crippen molar-refractivity contribution in [3.63, 3.8) is 0 Å². The summed E-state index contributed by atoms with van der Waals surface area (Å²) in [7, 11) is 0. The highest BCUT2D eigenvalue weighted by molar-refractivity contribution is 7.15. The van der Waals surface area contributed by atoms with Gasteiger partial charge in [-0.05, 0) is 56.6 Å². The molecule has 0 amide bonds. The third-order valence-electron chi connectivity index (χ3n) is 5.85. The zero-order valence-electron chi connectivity index (χ0n) is 16.4. The zero-order valence-corrected chi connectivity index (χ0v) is 17.3. The lowest BCUT2D eigenvalue weighted by Crippen LogP contribution is -2.13. The molecule has 1 heterocycles. The van der Waals surface area contributed by atoms with Crippen molar-refractivity contribution >= 4 is 22.2 Å². The highest BCUT2D eigenvalue weighted by Gasteiger charge is 2.24. The Balaban J connectivity index is 1.51. The number of hydrogen-bond donors (Lipinski definition) is 2. The number of para-hydroxylation sites is 1. The lowest BCUT2D eigenvalue weighted by molar-refractivity contribution is 0.153. The zero-order chi connectivity index (χ0) is 19.6. The summed E-state index contributed by atoms with van der Waals surface area (Å²) in [6.07, 6.45) is 7.35. The molecule has 2 aromatic carbocycles. The lowest BCUT2D eigenvalue weighted by atomic mass is 10.0. The third kappa shape index (κ3) is 3.89. The van der Waals surface area contributed by atoms with Gasteiger partial charge < -0.3 is 15.2 Å². The first-order valence-electron chi connectivity index (χ1n) is 10.6. The van der Waals surface area contributed by atoms with E-state index in [1.54, 1.807) is 11.3 Å². The van der Waals surface area contributed by atoms with E-state index in [-0.39, 0.29) is 6.10 Å². The topological polar surface area (TPSA) is 54.4 Å². The number of rotatable bonds is 5. The number of nitrogens with zero attached hydrogens (tertiary/aromatic N) is 1. The van der Waals surface area contributed by atoms with Gasteiger partial charge in [0.25, 0.3) is 0 Å². The van der Waals surface area contributed by atoms with E-state index in [1.807, 2.05) is 6.07 Å². The smallest absolute Gasteiger partial charge is 0.187 e. The molecule has 0 spiro atoms. The summed E-state index contributed by atoms with van der Waals surface area (Å²) >= 11 is 1.65. The molecule has 5 rings (SSSR count). The summed E-state index contributed by atoms with van der Waals surface area (Å²) in [5.74, 6) is 0.902. The summed E-state index contributed by atoms with van der Waals surface area (Å²) in [4.78, 5) is 5.90. The second-order valence-corrected chi connectivity index (χ2v) is 9.02. The van der Waals surface area contributed by atoms with Crippen LogP contribution >= 0.6 is 11.3 Å². The lowest BCUT2D eigenvalue weighted by Gasteiger charge is -2.20. The van der Waals surface area contributed by atoms with Crippen LogP contribution in [-0.2, 0) is 6.42 Å². The maximum atomic E-state index is 10.3. The summed E-state index contributed by atoms with van der Waals surface area (Å²) < 4.78 is 6.55. The van der Waals surface area contributed by atoms with Crippen molar-refractivity contribution in [2.75, 3.05) is 5.32 Å². The van der Waals surface area contributed by atoms with Gasteiger partial charge in [-0.15, -0.1) is 11.3 Å². The number of aryl methyl sites for hydroxylation is 1. The molecule has 150 valence electrons. The second kappa shape index (κ2) is 8.17. The van der Waals surface area contributed by atoms with E-state index in [1.165, 1.54) is 17.7 Å². The molecule has 1 fully saturated rings. The Labute approximate surface area is 175 Å². The number of ether oxygens (including phenoxy) is 1. The van der Waals surface area contributed by atoms with Crippen LogP contribution in [-0.4, -0.2) is 16.2 Å². The third-order valence-corrected chi connectivity index (χ3v) is 6.90. The number of aromatic nitrogens is 1. The summed E-state index contributed by atoms with van der Waals surface area (Å²) in [5, 5.41) is 14.6. The molecule has 0 radical (unpaired) electrons. The minimum atomic E-state index is -0.435. The summed E-state index contributed by atoms with van der Waals surface area (Å²) in [6.45, 7) is 0. The Bertz CT molecular complexity index is 980. The predicted octanol–water partition coefficient (Wildman–Crippen LogP) is 6.24. The average Bonchev–Trinajstić information content (AvgIpc) is 3.40. The molecule has 2 N–H and O–H groups in total. The number of aliphatic hydroxyl groups excluding tert-OH is 1. The van der Waals surface area contributed by atoms with Crippen molar-refractivity contribution in [3.8, 4) is 16.9 Å². The fraction of sp³-hybridized carbons (Fsp3) is 0.375. The Kier molecular flexibility index (Phi) is 5.25. The van der Waals surface area contributed by atoms with Gasteiger partial charge >= 0.3 is 0 Å². The number of nitrogens with one attached hydrogen (secondary N) is 1. The van der Waals surface area contributed by atoms with Gasteiger partial charge in [0.05, 0.1) is 23.6 Å². The number of aliphatic hydroxyl groups is 1. The quantitative estimate of drug-likeness (QED) is 0.526. The van der Waals surface area contributed by atoms with Crippen LogP contribution < -0.4 is 10.1 Å². The van der Waals surface area contributed by atoms with Crippen molar-refractivity contribution < 1.29 is 9.84 Å². The molecule has 1 aromatic heterocycles. The average molecular weight is 407 g/mol. The molecule has 3 aromatic rings. The molecular weight excluding hydrogens is 380 g/mol. The van der Waals surface area contributed by atoms with Crippen LogP contribution in [0.25, 0.3) is 11.1 Å². The van der Waals surface area contributed by atoms with Crippen molar-refractivity contribution in [2.24, 2.45) is 0 Å². The van der Waals surface area contributed by atoms with E-state index in [9.17, 15) is 5.11 Å². The van der Waals surface area contributed by atoms with Crippen molar-refractivity contribution in [1.82, 2.24) is 4.98 Å². The molecule has 1 saturated carbocycles. The molecule has 29 heavy (non-hydrogen) atoms. The van der Waals surface area contributed by atoms with Crippen LogP contribution in [0.2, 0.25) is 0 Å². The summed E-state index contributed by atoms with van der Waals surface area (Å²) in [6, 6.07) is 16.7. The molecule has 1 atom stereocenters. The second-order valence-electron chi connectivity index (χ2n) is 7.93. The first-order valence-corrected chi connectivity index (χ1v) is 11.4. The molecule has 5 heteroatoms. The molecule has 1 unspecified atom stereocenters. The SMILES string of the molecule is OC1CCCc2sc(Nc3cccc(-c4ccccc4)c3OC3CCCC3)nc21. The van der Waals surface area contributed by atoms with E-state index in [2.05, 4.69) is 47.8 Å². The molecule has 2 aliphatic carbocycles. The highest BCUT2D eigenvalue weighted by Crippen LogP contribution is 2.42. The Hall–Kier alpha value is -2.37. The monoisotopic (exact) mass is 406 g/mol. The van der Waals surface area contributed by atoms with Gasteiger partial charge in [0.1, 0.15) is 0 Å². The van der Waals surface area contributed by atoms with Gasteiger partial charge in [-0.25, -0.2) is 4.98 Å². The van der Waals surface area contributed by atoms with Crippen molar-refractivity contribution in [1.29, 1.82) is 0 Å². The van der Waals surface area contributed by atoms with Crippen molar-refractivity contribution in [3.05, 3.63) is 59.1 Å². The normalized spacial score (nSPS) is 19.1. The first kappa shape index (κ1) is 18.6. The van der Waals surface area contributed by atoms with Crippen LogP contribution in [0.4, 0.5) is 10.8 Å². The molecule has 0 aliphatic heterocycles. The minimum Gasteiger partial charge on any atom is -0.488 e. The van der Waals surface area contributed by atoms with Gasteiger partial charge in [-0.3, -0.25) is 0 Å². The number of anilines is 2. The number of benzene rings is 2. The highest BCUT2D eigenvalue weighted by atomic mass is 32.1. The standard InChI is InChI=1S/C24H26N2O2S/c27-20-14-7-15-21-22(20)26-24(29-21)25-19-13-6-12-18(16-8-2-1-3-9-16)23(19)28-17-10-4-5-11-17/h1-3,6,8-9,12-13,17,20,27H,4-5,7,10-11,14-15H2,(H,25,26). The van der Waals surface area contributed by atoms with Crippen LogP contribution in [0.5, 0.6) is 5.75 Å². The van der Waals surface area contributed by atoms with Gasteiger partial charge in [0, 0.05) is 10.4 Å². The van der Waals surface area contributed by atoms with Gasteiger partial charge in [-0.1, -0.05) is 42.5 Å². The summed E-state index contributed by atoms with van der Waals surface area (Å²) in [5.41, 5.74) is 4.04. The van der Waals surface area contributed by atoms with Crippen LogP contribution in [0, 0.1) is 0 Å². The first-order chi connectivity index (χ1) is 14.3. The Morgan fingerprint density at radius 3 is 2.59 bits per heavy atom.